The molecule has 2 aromatic heterocycles. The molecule has 0 radical (unpaired) electrons. The number of thioether (sulfide) groups is 1. The summed E-state index contributed by atoms with van der Waals surface area (Å²) in [6, 6.07) is 19.7. The largest absolute Gasteiger partial charge is 0.338 e. The van der Waals surface area contributed by atoms with Gasteiger partial charge in [0.05, 0.1) is 16.7 Å². The zero-order chi connectivity index (χ0) is 20.7. The average molecular weight is 414 g/mol. The lowest BCUT2D eigenvalue weighted by Gasteiger charge is -2.08. The molecule has 30 heavy (non-hydrogen) atoms. The Kier molecular flexibility index (Phi) is 4.59. The van der Waals surface area contributed by atoms with E-state index in [0.29, 0.717) is 33.5 Å². The summed E-state index contributed by atoms with van der Waals surface area (Å²) in [4.78, 5) is 22.1. The van der Waals surface area contributed by atoms with Gasteiger partial charge in [-0.05, 0) is 35.4 Å². The molecule has 0 spiro atoms. The molecule has 148 valence electrons. The van der Waals surface area contributed by atoms with Gasteiger partial charge in [0, 0.05) is 12.6 Å². The molecule has 0 bridgehead atoms. The van der Waals surface area contributed by atoms with Crippen LogP contribution in [0.15, 0.2) is 75.1 Å². The molecule has 0 amide bonds. The Morgan fingerprint density at radius 3 is 2.53 bits per heavy atom. The first-order chi connectivity index (χ1) is 14.6. The zero-order valence-electron chi connectivity index (χ0n) is 16.5. The van der Waals surface area contributed by atoms with E-state index < -0.39 is 0 Å². The minimum Gasteiger partial charge on any atom is -0.338 e. The van der Waals surface area contributed by atoms with Crippen LogP contribution in [0.4, 0.5) is 0 Å². The van der Waals surface area contributed by atoms with E-state index in [1.165, 1.54) is 11.8 Å². The summed E-state index contributed by atoms with van der Waals surface area (Å²) in [5.41, 5.74) is 2.65. The molecule has 0 aliphatic heterocycles. The Balaban J connectivity index is 1.46. The molecule has 2 heterocycles. The fourth-order valence-electron chi connectivity index (χ4n) is 3.44. The van der Waals surface area contributed by atoms with Crippen molar-refractivity contribution >= 4 is 33.4 Å². The third-order valence-electron chi connectivity index (χ3n) is 5.08. The fourth-order valence-corrected chi connectivity index (χ4v) is 4.25. The van der Waals surface area contributed by atoms with Gasteiger partial charge in [0.2, 0.25) is 11.7 Å². The lowest BCUT2D eigenvalue weighted by molar-refractivity contribution is 0.391. The predicted molar refractivity (Wildman–Crippen MR) is 119 cm³/mol. The van der Waals surface area contributed by atoms with E-state index in [1.54, 1.807) is 11.6 Å². The van der Waals surface area contributed by atoms with Crippen molar-refractivity contribution in [3.63, 3.8) is 0 Å². The standard InChI is InChI=1S/C23H18N4O2S/c1-14-7-3-6-10-17(14)21-25-20(29-26-21)13-30-23-24-19-12-16-9-5-4-8-15(16)11-18(19)22(28)27(23)2/h3-12H,13H2,1-2H3. The van der Waals surface area contributed by atoms with E-state index in [1.807, 2.05) is 67.6 Å². The normalized spacial score (nSPS) is 11.4. The minimum atomic E-state index is -0.0700. The lowest BCUT2D eigenvalue weighted by Crippen LogP contribution is -2.20. The molecule has 5 rings (SSSR count). The average Bonchev–Trinajstić information content (AvgIpc) is 3.23. The fraction of sp³-hybridized carbons (Fsp3) is 0.130. The molecule has 7 heteroatoms. The van der Waals surface area contributed by atoms with Crippen molar-refractivity contribution in [1.82, 2.24) is 19.7 Å². The summed E-state index contributed by atoms with van der Waals surface area (Å²) < 4.78 is 6.98. The monoisotopic (exact) mass is 414 g/mol. The third kappa shape index (κ3) is 3.27. The summed E-state index contributed by atoms with van der Waals surface area (Å²) in [7, 11) is 1.73. The molecule has 0 saturated carbocycles. The van der Waals surface area contributed by atoms with Crippen molar-refractivity contribution < 1.29 is 4.52 Å². The maximum absolute atomic E-state index is 12.9. The second-order valence-corrected chi connectivity index (χ2v) is 8.03. The van der Waals surface area contributed by atoms with Crippen molar-refractivity contribution in [1.29, 1.82) is 0 Å². The summed E-state index contributed by atoms with van der Waals surface area (Å²) in [6.07, 6.45) is 0. The molecule has 0 unspecified atom stereocenters. The van der Waals surface area contributed by atoms with Crippen LogP contribution < -0.4 is 5.56 Å². The van der Waals surface area contributed by atoms with Gasteiger partial charge < -0.3 is 4.52 Å². The highest BCUT2D eigenvalue weighted by atomic mass is 32.2. The van der Waals surface area contributed by atoms with Gasteiger partial charge in [0.15, 0.2) is 5.16 Å². The highest BCUT2D eigenvalue weighted by Crippen LogP contribution is 2.25. The van der Waals surface area contributed by atoms with E-state index in [-0.39, 0.29) is 5.56 Å². The SMILES string of the molecule is Cc1ccccc1-c1noc(CSc2nc3cc4ccccc4cc3c(=O)n2C)n1. The van der Waals surface area contributed by atoms with Crippen LogP contribution in [0.3, 0.4) is 0 Å². The minimum absolute atomic E-state index is 0.0700. The van der Waals surface area contributed by atoms with Gasteiger partial charge in [0.25, 0.3) is 5.56 Å². The first-order valence-electron chi connectivity index (χ1n) is 9.51. The van der Waals surface area contributed by atoms with Crippen LogP contribution in [0.2, 0.25) is 0 Å². The highest BCUT2D eigenvalue weighted by molar-refractivity contribution is 7.98. The first kappa shape index (κ1) is 18.6. The Morgan fingerprint density at radius 1 is 1.00 bits per heavy atom. The molecule has 0 aliphatic carbocycles. The molecule has 0 saturated heterocycles. The molecule has 5 aromatic rings. The quantitative estimate of drug-likeness (QED) is 0.240. The number of nitrogens with zero attached hydrogens (tertiary/aromatic N) is 4. The Bertz CT molecular complexity index is 1460. The first-order valence-corrected chi connectivity index (χ1v) is 10.5. The summed E-state index contributed by atoms with van der Waals surface area (Å²) in [5, 5.41) is 7.40. The molecular formula is C23H18N4O2S. The third-order valence-corrected chi connectivity index (χ3v) is 6.10. The number of benzene rings is 3. The predicted octanol–water partition coefficient (Wildman–Crippen LogP) is 4.74. The molecule has 0 N–H and O–H groups in total. The number of hydrogen-bond acceptors (Lipinski definition) is 6. The summed E-state index contributed by atoms with van der Waals surface area (Å²) in [5.74, 6) is 1.49. The Morgan fingerprint density at radius 2 is 1.73 bits per heavy atom. The lowest BCUT2D eigenvalue weighted by atomic mass is 10.1. The number of rotatable bonds is 4. The van der Waals surface area contributed by atoms with Crippen molar-refractivity contribution in [2.75, 3.05) is 0 Å². The van der Waals surface area contributed by atoms with Crippen LogP contribution in [0.1, 0.15) is 11.5 Å². The van der Waals surface area contributed by atoms with Gasteiger partial charge in [0.1, 0.15) is 0 Å². The molecule has 0 atom stereocenters. The topological polar surface area (TPSA) is 73.8 Å². The number of aromatic nitrogens is 4. The molecule has 0 fully saturated rings. The van der Waals surface area contributed by atoms with Gasteiger partial charge in [-0.15, -0.1) is 0 Å². The van der Waals surface area contributed by atoms with Crippen LogP contribution in [0.5, 0.6) is 0 Å². The van der Waals surface area contributed by atoms with Gasteiger partial charge in [-0.2, -0.15) is 4.98 Å². The summed E-state index contributed by atoms with van der Waals surface area (Å²) >= 11 is 1.40. The molecule has 3 aromatic carbocycles. The van der Waals surface area contributed by atoms with Gasteiger partial charge in [-0.1, -0.05) is 65.4 Å². The van der Waals surface area contributed by atoms with Crippen LogP contribution >= 0.6 is 11.8 Å². The summed E-state index contributed by atoms with van der Waals surface area (Å²) in [6.45, 7) is 2.01. The van der Waals surface area contributed by atoms with Crippen molar-refractivity contribution in [3.05, 3.63) is 82.5 Å². The van der Waals surface area contributed by atoms with E-state index in [9.17, 15) is 4.79 Å². The van der Waals surface area contributed by atoms with Crippen LogP contribution in [0.25, 0.3) is 33.1 Å². The second-order valence-electron chi connectivity index (χ2n) is 7.09. The van der Waals surface area contributed by atoms with Crippen molar-refractivity contribution in [3.8, 4) is 11.4 Å². The van der Waals surface area contributed by atoms with Crippen molar-refractivity contribution in [2.24, 2.45) is 7.05 Å². The zero-order valence-corrected chi connectivity index (χ0v) is 17.3. The molecule has 6 nitrogen and oxygen atoms in total. The number of fused-ring (bicyclic) bond motifs is 2. The van der Waals surface area contributed by atoms with Gasteiger partial charge in [-0.25, -0.2) is 4.98 Å². The van der Waals surface area contributed by atoms with Crippen molar-refractivity contribution in [2.45, 2.75) is 17.8 Å². The van der Waals surface area contributed by atoms with Crippen LogP contribution in [0, 0.1) is 6.92 Å². The maximum atomic E-state index is 12.9. The number of hydrogen-bond donors (Lipinski definition) is 0. The van der Waals surface area contributed by atoms with E-state index >= 15 is 0 Å². The Labute approximate surface area is 176 Å². The van der Waals surface area contributed by atoms with E-state index in [4.69, 9.17) is 9.51 Å². The van der Waals surface area contributed by atoms with Crippen LogP contribution in [-0.2, 0) is 12.8 Å². The van der Waals surface area contributed by atoms with E-state index in [0.717, 1.165) is 21.9 Å². The Hall–Kier alpha value is -3.45. The van der Waals surface area contributed by atoms with Gasteiger partial charge in [-0.3, -0.25) is 9.36 Å². The van der Waals surface area contributed by atoms with E-state index in [2.05, 4.69) is 10.1 Å². The van der Waals surface area contributed by atoms with Crippen LogP contribution in [-0.4, -0.2) is 19.7 Å². The smallest absolute Gasteiger partial charge is 0.261 e. The molecule has 0 aliphatic rings. The maximum Gasteiger partial charge on any atom is 0.261 e. The van der Waals surface area contributed by atoms with Gasteiger partial charge >= 0.3 is 0 Å². The highest BCUT2D eigenvalue weighted by Gasteiger charge is 2.14. The molecular weight excluding hydrogens is 396 g/mol. The second kappa shape index (κ2) is 7.42. The number of aryl methyl sites for hydroxylation is 1.